The average Bonchev–Trinajstić information content (AvgIpc) is 2.95. The molecule has 148 valence electrons. The highest BCUT2D eigenvalue weighted by Crippen LogP contribution is 2.32. The second-order valence-electron chi connectivity index (χ2n) is 6.32. The number of anilines is 1. The Balaban J connectivity index is 1.63. The highest BCUT2D eigenvalue weighted by Gasteiger charge is 2.32. The maximum Gasteiger partial charge on any atom is 0.292 e. The summed E-state index contributed by atoms with van der Waals surface area (Å²) in [5.74, 6) is -0.685. The van der Waals surface area contributed by atoms with Crippen molar-refractivity contribution in [2.45, 2.75) is 13.3 Å². The van der Waals surface area contributed by atoms with E-state index < -0.39 is 10.8 Å². The highest BCUT2D eigenvalue weighted by molar-refractivity contribution is 8.26. The van der Waals surface area contributed by atoms with Crippen LogP contribution in [0.1, 0.15) is 17.5 Å². The van der Waals surface area contributed by atoms with Crippen molar-refractivity contribution in [3.63, 3.8) is 0 Å². The largest absolute Gasteiger partial charge is 0.320 e. The first-order valence-electron chi connectivity index (χ1n) is 8.70. The zero-order valence-corrected chi connectivity index (χ0v) is 17.1. The number of thiocarbonyl (C=S) groups is 1. The van der Waals surface area contributed by atoms with Gasteiger partial charge < -0.3 is 5.32 Å². The van der Waals surface area contributed by atoms with Gasteiger partial charge in [-0.05, 0) is 24.6 Å². The van der Waals surface area contributed by atoms with Crippen LogP contribution in [0.25, 0.3) is 6.08 Å². The Morgan fingerprint density at radius 3 is 2.62 bits per heavy atom. The Bertz CT molecular complexity index is 1020. The maximum absolute atomic E-state index is 12.6. The second kappa shape index (κ2) is 8.97. The molecule has 2 aromatic carbocycles. The Kier molecular flexibility index (Phi) is 6.40. The number of para-hydroxylation sites is 2. The number of nitro groups is 1. The molecule has 0 aromatic heterocycles. The number of nitro benzene ring substituents is 1. The first kappa shape index (κ1) is 20.7. The van der Waals surface area contributed by atoms with E-state index in [1.807, 2.05) is 31.2 Å². The summed E-state index contributed by atoms with van der Waals surface area (Å²) in [4.78, 5) is 37.2. The number of thioether (sulfide) groups is 1. The molecule has 0 bridgehead atoms. The van der Waals surface area contributed by atoms with Crippen LogP contribution in [-0.2, 0) is 9.59 Å². The van der Waals surface area contributed by atoms with Crippen LogP contribution in [-0.4, -0.2) is 32.5 Å². The zero-order chi connectivity index (χ0) is 21.0. The summed E-state index contributed by atoms with van der Waals surface area (Å²) in [7, 11) is 0. The van der Waals surface area contributed by atoms with Crippen molar-refractivity contribution in [2.75, 3.05) is 11.9 Å². The maximum atomic E-state index is 12.6. The number of benzene rings is 2. The topological polar surface area (TPSA) is 92.6 Å². The van der Waals surface area contributed by atoms with E-state index in [9.17, 15) is 19.7 Å². The lowest BCUT2D eigenvalue weighted by Crippen LogP contribution is -2.31. The van der Waals surface area contributed by atoms with Crippen LogP contribution in [0.5, 0.6) is 0 Å². The molecule has 1 saturated heterocycles. The molecule has 2 amide bonds. The van der Waals surface area contributed by atoms with Gasteiger partial charge in [-0.3, -0.25) is 24.6 Å². The molecule has 1 aliphatic heterocycles. The van der Waals surface area contributed by atoms with Crippen molar-refractivity contribution < 1.29 is 14.5 Å². The molecule has 0 radical (unpaired) electrons. The molecule has 3 rings (SSSR count). The van der Waals surface area contributed by atoms with Gasteiger partial charge in [-0.2, -0.15) is 0 Å². The molecule has 0 atom stereocenters. The summed E-state index contributed by atoms with van der Waals surface area (Å²) < 4.78 is 0.381. The number of aryl methyl sites for hydroxylation is 1. The van der Waals surface area contributed by atoms with Crippen molar-refractivity contribution in [3.05, 3.63) is 74.7 Å². The van der Waals surface area contributed by atoms with Gasteiger partial charge in [0.25, 0.3) is 11.6 Å². The number of carbonyl (C=O) groups is 2. The summed E-state index contributed by atoms with van der Waals surface area (Å²) in [5, 5.41) is 13.6. The van der Waals surface area contributed by atoms with Gasteiger partial charge in [0.15, 0.2) is 0 Å². The number of carbonyl (C=O) groups excluding carboxylic acids is 2. The monoisotopic (exact) mass is 427 g/mol. The number of hydrogen-bond donors (Lipinski definition) is 1. The quantitative estimate of drug-likeness (QED) is 0.322. The molecule has 0 unspecified atom stereocenters. The van der Waals surface area contributed by atoms with Crippen molar-refractivity contribution in [3.8, 4) is 0 Å². The summed E-state index contributed by atoms with van der Waals surface area (Å²) in [6.07, 6.45) is 1.74. The van der Waals surface area contributed by atoms with Crippen LogP contribution in [0.3, 0.4) is 0 Å². The normalized spacial score (nSPS) is 15.1. The van der Waals surface area contributed by atoms with Crippen LogP contribution >= 0.6 is 24.0 Å². The third kappa shape index (κ3) is 5.07. The number of hydrogen-bond acceptors (Lipinski definition) is 6. The second-order valence-corrected chi connectivity index (χ2v) is 7.99. The smallest absolute Gasteiger partial charge is 0.292 e. The number of nitrogens with one attached hydrogen (secondary N) is 1. The van der Waals surface area contributed by atoms with Crippen LogP contribution in [0.2, 0.25) is 0 Å². The molecule has 1 N–H and O–H groups in total. The first-order chi connectivity index (χ1) is 13.8. The number of amides is 2. The van der Waals surface area contributed by atoms with Gasteiger partial charge in [0.05, 0.1) is 9.83 Å². The molecule has 1 aliphatic rings. The molecule has 0 saturated carbocycles. The minimum atomic E-state index is -0.562. The fourth-order valence-electron chi connectivity index (χ4n) is 2.67. The lowest BCUT2D eigenvalue weighted by Gasteiger charge is -2.14. The fourth-order valence-corrected chi connectivity index (χ4v) is 3.98. The zero-order valence-electron chi connectivity index (χ0n) is 15.5. The molecule has 2 aromatic rings. The van der Waals surface area contributed by atoms with Crippen molar-refractivity contribution in [2.24, 2.45) is 0 Å². The predicted molar refractivity (Wildman–Crippen MR) is 117 cm³/mol. The van der Waals surface area contributed by atoms with Crippen LogP contribution in [0, 0.1) is 17.0 Å². The van der Waals surface area contributed by atoms with E-state index in [0.717, 1.165) is 11.1 Å². The summed E-state index contributed by atoms with van der Waals surface area (Å²) in [6.45, 7) is 2.08. The van der Waals surface area contributed by atoms with Crippen molar-refractivity contribution in [1.82, 2.24) is 4.90 Å². The Hall–Kier alpha value is -3.04. The molecular weight excluding hydrogens is 410 g/mol. The fraction of sp³-hybridized carbons (Fsp3) is 0.150. The third-order valence-corrected chi connectivity index (χ3v) is 5.56. The van der Waals surface area contributed by atoms with Gasteiger partial charge >= 0.3 is 0 Å². The van der Waals surface area contributed by atoms with Gasteiger partial charge in [-0.25, -0.2) is 0 Å². The molecule has 1 fully saturated rings. The van der Waals surface area contributed by atoms with Crippen LogP contribution in [0.15, 0.2) is 53.4 Å². The van der Waals surface area contributed by atoms with Crippen molar-refractivity contribution in [1.29, 1.82) is 0 Å². The number of nitrogens with zero attached hydrogens (tertiary/aromatic N) is 2. The summed E-state index contributed by atoms with van der Waals surface area (Å²) in [6, 6.07) is 13.6. The number of rotatable bonds is 6. The highest BCUT2D eigenvalue weighted by atomic mass is 32.2. The Morgan fingerprint density at radius 2 is 1.93 bits per heavy atom. The molecule has 1 heterocycles. The molecule has 9 heteroatoms. The Labute approximate surface area is 176 Å². The van der Waals surface area contributed by atoms with E-state index in [0.29, 0.717) is 9.23 Å². The van der Waals surface area contributed by atoms with E-state index in [2.05, 4.69) is 5.32 Å². The third-order valence-electron chi connectivity index (χ3n) is 4.19. The van der Waals surface area contributed by atoms with Gasteiger partial charge in [-0.1, -0.05) is 65.9 Å². The van der Waals surface area contributed by atoms with Crippen LogP contribution in [0.4, 0.5) is 11.4 Å². The summed E-state index contributed by atoms with van der Waals surface area (Å²) >= 11 is 6.47. The predicted octanol–water partition coefficient (Wildman–Crippen LogP) is 4.13. The van der Waals surface area contributed by atoms with E-state index in [1.54, 1.807) is 12.1 Å². The standard InChI is InChI=1S/C20H17N3O4S2/c1-13-6-8-14(9-7-13)12-17-19(25)22(20(28)29-17)11-10-18(24)21-15-4-2-3-5-16(15)23(26)27/h2-9,12H,10-11H2,1H3,(H,21,24)/b17-12+. The lowest BCUT2D eigenvalue weighted by molar-refractivity contribution is -0.383. The van der Waals surface area contributed by atoms with E-state index in [-0.39, 0.29) is 30.2 Å². The lowest BCUT2D eigenvalue weighted by atomic mass is 10.1. The van der Waals surface area contributed by atoms with E-state index in [4.69, 9.17) is 12.2 Å². The minimum Gasteiger partial charge on any atom is -0.320 e. The van der Waals surface area contributed by atoms with Gasteiger partial charge in [0, 0.05) is 19.0 Å². The average molecular weight is 428 g/mol. The van der Waals surface area contributed by atoms with Gasteiger partial charge in [0.1, 0.15) is 10.0 Å². The van der Waals surface area contributed by atoms with E-state index in [1.165, 1.54) is 34.9 Å². The molecule has 29 heavy (non-hydrogen) atoms. The van der Waals surface area contributed by atoms with Crippen molar-refractivity contribution >= 4 is 57.6 Å². The SMILES string of the molecule is Cc1ccc(/C=C2/SC(=S)N(CCC(=O)Nc3ccccc3[N+](=O)[O-])C2=O)cc1. The first-order valence-corrected chi connectivity index (χ1v) is 9.93. The molecule has 0 spiro atoms. The van der Waals surface area contributed by atoms with E-state index >= 15 is 0 Å². The molecular formula is C20H17N3O4S2. The van der Waals surface area contributed by atoms with Gasteiger partial charge in [0.2, 0.25) is 5.91 Å². The van der Waals surface area contributed by atoms with Crippen LogP contribution < -0.4 is 5.32 Å². The minimum absolute atomic E-state index is 0.0314. The summed E-state index contributed by atoms with van der Waals surface area (Å²) in [5.41, 5.74) is 1.95. The molecule has 7 nitrogen and oxygen atoms in total. The van der Waals surface area contributed by atoms with Gasteiger partial charge in [-0.15, -0.1) is 0 Å². The Morgan fingerprint density at radius 1 is 1.24 bits per heavy atom. The molecule has 0 aliphatic carbocycles.